The molecule has 3 aromatic rings. The molecule has 0 aliphatic heterocycles. The highest BCUT2D eigenvalue weighted by Gasteiger charge is 2.10. The third-order valence-electron chi connectivity index (χ3n) is 2.80. The Labute approximate surface area is 114 Å². The minimum absolute atomic E-state index is 0.641. The molecule has 0 saturated heterocycles. The van der Waals surface area contributed by atoms with Crippen molar-refractivity contribution in [3.63, 3.8) is 0 Å². The van der Waals surface area contributed by atoms with E-state index in [2.05, 4.69) is 20.2 Å². The molecule has 0 radical (unpaired) electrons. The van der Waals surface area contributed by atoms with Crippen LogP contribution >= 0.6 is 11.8 Å². The van der Waals surface area contributed by atoms with Gasteiger partial charge in [-0.15, -0.1) is 5.10 Å². The summed E-state index contributed by atoms with van der Waals surface area (Å²) in [5, 5.41) is 9.00. The predicted molar refractivity (Wildman–Crippen MR) is 71.1 cm³/mol. The fourth-order valence-electron chi connectivity index (χ4n) is 1.80. The molecule has 3 rings (SSSR count). The zero-order valence-corrected chi connectivity index (χ0v) is 11.7. The van der Waals surface area contributed by atoms with Crippen molar-refractivity contribution in [3.8, 4) is 0 Å². The van der Waals surface area contributed by atoms with Gasteiger partial charge in [-0.05, 0) is 26.8 Å². The molecule has 0 unspecified atom stereocenters. The highest BCUT2D eigenvalue weighted by molar-refractivity contribution is 7.98. The standard InChI is InChI=1S/C12H13N5OS/c1-7-4-8(2)17-11(13-7)14-12(15-17)19-6-10-5-18-16-9(10)3/h4-5H,6H2,1-3H3. The zero-order valence-electron chi connectivity index (χ0n) is 10.9. The first-order valence-electron chi connectivity index (χ1n) is 5.87. The maximum atomic E-state index is 4.91. The Morgan fingerprint density at radius 1 is 1.26 bits per heavy atom. The molecule has 0 aliphatic rings. The van der Waals surface area contributed by atoms with Gasteiger partial charge in [0.15, 0.2) is 0 Å². The predicted octanol–water partition coefficient (Wildman–Crippen LogP) is 2.33. The van der Waals surface area contributed by atoms with Gasteiger partial charge in [0.2, 0.25) is 5.16 Å². The molecular weight excluding hydrogens is 262 g/mol. The summed E-state index contributed by atoms with van der Waals surface area (Å²) >= 11 is 1.55. The molecule has 0 atom stereocenters. The lowest BCUT2D eigenvalue weighted by Crippen LogP contribution is -1.97. The van der Waals surface area contributed by atoms with Gasteiger partial charge < -0.3 is 4.52 Å². The minimum Gasteiger partial charge on any atom is -0.364 e. The third kappa shape index (κ3) is 2.33. The van der Waals surface area contributed by atoms with Crippen molar-refractivity contribution in [2.75, 3.05) is 0 Å². The fourth-order valence-corrected chi connectivity index (χ4v) is 2.65. The number of nitrogens with zero attached hydrogens (tertiary/aromatic N) is 5. The van der Waals surface area contributed by atoms with E-state index in [1.54, 1.807) is 22.5 Å². The van der Waals surface area contributed by atoms with Crippen molar-refractivity contribution in [2.24, 2.45) is 0 Å². The average molecular weight is 275 g/mol. The number of hydrogen-bond donors (Lipinski definition) is 0. The number of hydrogen-bond acceptors (Lipinski definition) is 6. The second-order valence-electron chi connectivity index (χ2n) is 4.36. The molecule has 0 bridgehead atoms. The molecule has 3 heterocycles. The molecule has 0 spiro atoms. The maximum absolute atomic E-state index is 4.91. The van der Waals surface area contributed by atoms with Crippen molar-refractivity contribution in [2.45, 2.75) is 31.7 Å². The average Bonchev–Trinajstić information content (AvgIpc) is 2.92. The van der Waals surface area contributed by atoms with Crippen LogP contribution in [0.2, 0.25) is 0 Å². The van der Waals surface area contributed by atoms with E-state index in [-0.39, 0.29) is 0 Å². The fraction of sp³-hybridized carbons (Fsp3) is 0.333. The van der Waals surface area contributed by atoms with Gasteiger partial charge in [0.25, 0.3) is 5.78 Å². The summed E-state index contributed by atoms with van der Waals surface area (Å²) in [6.07, 6.45) is 1.66. The van der Waals surface area contributed by atoms with E-state index >= 15 is 0 Å². The molecule has 0 aliphatic carbocycles. The van der Waals surface area contributed by atoms with E-state index in [0.717, 1.165) is 28.4 Å². The SMILES string of the molecule is Cc1cc(C)n2nc(SCc3conc3C)nc2n1. The summed E-state index contributed by atoms with van der Waals surface area (Å²) in [7, 11) is 0. The normalized spacial score (nSPS) is 11.3. The molecule has 3 aromatic heterocycles. The van der Waals surface area contributed by atoms with E-state index in [9.17, 15) is 0 Å². The Kier molecular flexibility index (Phi) is 2.98. The Bertz CT molecular complexity index is 733. The zero-order chi connectivity index (χ0) is 13.4. The molecule has 98 valence electrons. The highest BCUT2D eigenvalue weighted by Crippen LogP contribution is 2.21. The van der Waals surface area contributed by atoms with Gasteiger partial charge in [-0.25, -0.2) is 9.50 Å². The summed E-state index contributed by atoms with van der Waals surface area (Å²) in [5.41, 5.74) is 3.94. The van der Waals surface area contributed by atoms with Crippen LogP contribution in [0, 0.1) is 20.8 Å². The van der Waals surface area contributed by atoms with Crippen LogP contribution in [0.3, 0.4) is 0 Å². The Hall–Kier alpha value is -1.89. The Morgan fingerprint density at radius 2 is 2.11 bits per heavy atom. The number of aryl methyl sites for hydroxylation is 3. The maximum Gasteiger partial charge on any atom is 0.253 e. The lowest BCUT2D eigenvalue weighted by Gasteiger charge is -1.97. The molecule has 0 fully saturated rings. The number of rotatable bonds is 3. The number of thioether (sulfide) groups is 1. The first-order chi connectivity index (χ1) is 9.13. The lowest BCUT2D eigenvalue weighted by atomic mass is 10.3. The van der Waals surface area contributed by atoms with Crippen molar-refractivity contribution in [3.05, 3.63) is 35.0 Å². The van der Waals surface area contributed by atoms with Gasteiger partial charge in [0, 0.05) is 22.7 Å². The topological polar surface area (TPSA) is 69.1 Å². The molecule has 0 aromatic carbocycles. The highest BCUT2D eigenvalue weighted by atomic mass is 32.2. The molecule has 0 amide bonds. The van der Waals surface area contributed by atoms with E-state index in [4.69, 9.17) is 4.52 Å². The van der Waals surface area contributed by atoms with Crippen LogP contribution in [-0.2, 0) is 5.75 Å². The van der Waals surface area contributed by atoms with E-state index < -0.39 is 0 Å². The Morgan fingerprint density at radius 3 is 2.84 bits per heavy atom. The first-order valence-corrected chi connectivity index (χ1v) is 6.86. The van der Waals surface area contributed by atoms with Crippen LogP contribution in [-0.4, -0.2) is 24.7 Å². The van der Waals surface area contributed by atoms with Gasteiger partial charge in [-0.2, -0.15) is 4.98 Å². The van der Waals surface area contributed by atoms with Crippen LogP contribution in [0.1, 0.15) is 22.6 Å². The first kappa shape index (κ1) is 12.2. The summed E-state index contributed by atoms with van der Waals surface area (Å²) in [4.78, 5) is 8.78. The molecule has 0 saturated carbocycles. The quantitative estimate of drug-likeness (QED) is 0.683. The van der Waals surface area contributed by atoms with Crippen molar-refractivity contribution in [1.82, 2.24) is 24.7 Å². The second-order valence-corrected chi connectivity index (χ2v) is 5.30. The van der Waals surface area contributed by atoms with E-state index in [1.165, 1.54) is 0 Å². The van der Waals surface area contributed by atoms with Gasteiger partial charge in [-0.3, -0.25) is 0 Å². The number of aromatic nitrogens is 5. The summed E-state index contributed by atoms with van der Waals surface area (Å²) < 4.78 is 6.67. The van der Waals surface area contributed by atoms with Crippen LogP contribution in [0.5, 0.6) is 0 Å². The van der Waals surface area contributed by atoms with Gasteiger partial charge >= 0.3 is 0 Å². The molecule has 19 heavy (non-hydrogen) atoms. The van der Waals surface area contributed by atoms with Crippen molar-refractivity contribution >= 4 is 17.5 Å². The van der Waals surface area contributed by atoms with Gasteiger partial charge in [0.1, 0.15) is 6.26 Å². The third-order valence-corrected chi connectivity index (χ3v) is 3.69. The van der Waals surface area contributed by atoms with Crippen LogP contribution < -0.4 is 0 Å². The second kappa shape index (κ2) is 4.65. The Balaban J connectivity index is 1.86. The minimum atomic E-state index is 0.641. The molecule has 7 heteroatoms. The monoisotopic (exact) mass is 275 g/mol. The van der Waals surface area contributed by atoms with E-state index in [1.807, 2.05) is 26.8 Å². The largest absolute Gasteiger partial charge is 0.364 e. The molecule has 0 N–H and O–H groups in total. The molecule has 6 nitrogen and oxygen atoms in total. The van der Waals surface area contributed by atoms with Crippen LogP contribution in [0.25, 0.3) is 5.78 Å². The van der Waals surface area contributed by atoms with E-state index in [0.29, 0.717) is 10.9 Å². The smallest absolute Gasteiger partial charge is 0.253 e. The van der Waals surface area contributed by atoms with Crippen LogP contribution in [0.15, 0.2) is 22.0 Å². The summed E-state index contributed by atoms with van der Waals surface area (Å²) in [6, 6.07) is 1.99. The summed E-state index contributed by atoms with van der Waals surface area (Å²) in [6.45, 7) is 5.87. The number of fused-ring (bicyclic) bond motifs is 1. The molecular formula is C12H13N5OS. The van der Waals surface area contributed by atoms with Crippen molar-refractivity contribution < 1.29 is 4.52 Å². The summed E-state index contributed by atoms with van der Waals surface area (Å²) in [5.74, 6) is 1.38. The van der Waals surface area contributed by atoms with Crippen LogP contribution in [0.4, 0.5) is 0 Å². The van der Waals surface area contributed by atoms with Gasteiger partial charge in [-0.1, -0.05) is 16.9 Å². The van der Waals surface area contributed by atoms with Gasteiger partial charge in [0.05, 0.1) is 5.69 Å². The van der Waals surface area contributed by atoms with Crippen molar-refractivity contribution in [1.29, 1.82) is 0 Å². The lowest BCUT2D eigenvalue weighted by molar-refractivity contribution is 0.414.